The predicted octanol–water partition coefficient (Wildman–Crippen LogP) is -4.01. The maximum atomic E-state index is 13.0. The average Bonchev–Trinajstić information content (AvgIpc) is 3.03. The van der Waals surface area contributed by atoms with Crippen molar-refractivity contribution in [2.45, 2.75) is 81.6 Å². The lowest BCUT2D eigenvalue weighted by atomic mass is 10.0. The Balaban J connectivity index is 2.67. The zero-order chi connectivity index (χ0) is 33.9. The Hall–Kier alpha value is -3.46. The number of nitrogens with zero attached hydrogens (tertiary/aromatic N) is 3. The highest BCUT2D eigenvalue weighted by Gasteiger charge is 2.33. The van der Waals surface area contributed by atoms with E-state index in [4.69, 9.17) is 5.73 Å². The molecule has 1 aliphatic heterocycles. The van der Waals surface area contributed by atoms with Crippen molar-refractivity contribution in [3.63, 3.8) is 0 Å². The zero-order valence-corrected chi connectivity index (χ0v) is 25.8. The van der Waals surface area contributed by atoms with Crippen molar-refractivity contribution >= 4 is 35.9 Å². The van der Waals surface area contributed by atoms with Crippen molar-refractivity contribution in [1.29, 1.82) is 0 Å². The molecule has 1 fully saturated rings. The molecule has 1 saturated heterocycles. The van der Waals surface area contributed by atoms with Gasteiger partial charge in [-0.05, 0) is 72.0 Å². The van der Waals surface area contributed by atoms with Crippen molar-refractivity contribution in [3.05, 3.63) is 0 Å². The number of hydroxylamine groups is 6. The fourth-order valence-electron chi connectivity index (χ4n) is 4.64. The van der Waals surface area contributed by atoms with Crippen molar-refractivity contribution in [1.82, 2.24) is 41.8 Å². The van der Waals surface area contributed by atoms with Crippen LogP contribution in [0.25, 0.3) is 0 Å². The Morgan fingerprint density at radius 1 is 0.933 bits per heavy atom. The van der Waals surface area contributed by atoms with Crippen molar-refractivity contribution in [2.24, 2.45) is 5.73 Å². The van der Waals surface area contributed by atoms with Gasteiger partial charge in [0.15, 0.2) is 0 Å². The molecule has 1 rings (SSSR count). The monoisotopic (exact) mass is 647 g/mol. The Morgan fingerprint density at radius 2 is 1.49 bits per heavy atom. The summed E-state index contributed by atoms with van der Waals surface area (Å²) < 4.78 is 0. The van der Waals surface area contributed by atoms with E-state index in [0.717, 1.165) is 0 Å². The highest BCUT2D eigenvalue weighted by Crippen LogP contribution is 2.11. The third-order valence-electron chi connectivity index (χ3n) is 7.31. The third kappa shape index (κ3) is 13.6. The zero-order valence-electron chi connectivity index (χ0n) is 25.8. The highest BCUT2D eigenvalue weighted by atomic mass is 16.5. The number of hydrogen-bond donors (Lipinski definition) is 10. The van der Waals surface area contributed by atoms with Gasteiger partial charge in [0.25, 0.3) is 11.8 Å². The van der Waals surface area contributed by atoms with Crippen LogP contribution in [0, 0.1) is 0 Å². The number of carbonyl (C=O) groups excluding carboxylic acids is 6. The van der Waals surface area contributed by atoms with Gasteiger partial charge in [0.1, 0.15) is 18.1 Å². The molecule has 0 bridgehead atoms. The summed E-state index contributed by atoms with van der Waals surface area (Å²) in [6.45, 7) is -0.634. The number of nitrogens with two attached hydrogens (primary N) is 1. The van der Waals surface area contributed by atoms with Gasteiger partial charge in [-0.25, -0.2) is 15.2 Å². The van der Waals surface area contributed by atoms with E-state index in [1.54, 1.807) is 0 Å². The minimum absolute atomic E-state index is 0.0140. The third-order valence-corrected chi connectivity index (χ3v) is 7.31. The Bertz CT molecular complexity index is 975. The topological polar surface area (TPSA) is 279 Å². The van der Waals surface area contributed by atoms with E-state index in [1.165, 1.54) is 14.1 Å². The van der Waals surface area contributed by atoms with E-state index in [9.17, 15) is 49.5 Å². The van der Waals surface area contributed by atoms with Crippen molar-refractivity contribution in [2.75, 3.05) is 46.9 Å². The average molecular weight is 648 g/mol. The van der Waals surface area contributed by atoms with E-state index in [0.29, 0.717) is 34.5 Å². The SMILES string of the molecule is CNC(CCCN(O)C(=O)[C@H](CO)NC(=O)[C@H](CCCN(O)C=O)NC)C(=O)NC(CCCN)C(=O)NC1CCCN(O)C1=O. The van der Waals surface area contributed by atoms with E-state index in [1.807, 2.05) is 0 Å². The fraction of sp³-hybridized carbons (Fsp3) is 0.769. The summed E-state index contributed by atoms with van der Waals surface area (Å²) in [4.78, 5) is 73.8. The van der Waals surface area contributed by atoms with Crippen LogP contribution in [0.1, 0.15) is 51.4 Å². The first kappa shape index (κ1) is 39.6. The molecule has 45 heavy (non-hydrogen) atoms. The molecule has 0 saturated carbocycles. The number of nitrogens with one attached hydrogen (secondary N) is 5. The van der Waals surface area contributed by atoms with Crippen LogP contribution in [0.4, 0.5) is 0 Å². The first-order valence-electron chi connectivity index (χ1n) is 14.9. The van der Waals surface area contributed by atoms with Crippen LogP contribution in [-0.2, 0) is 28.8 Å². The van der Waals surface area contributed by atoms with Crippen LogP contribution in [0.5, 0.6) is 0 Å². The summed E-state index contributed by atoms with van der Waals surface area (Å²) in [5, 5.41) is 53.2. The quantitative estimate of drug-likeness (QED) is 0.0305. The first-order chi connectivity index (χ1) is 21.4. The highest BCUT2D eigenvalue weighted by molar-refractivity contribution is 5.93. The molecule has 0 aliphatic carbocycles. The molecule has 1 heterocycles. The van der Waals surface area contributed by atoms with Crippen LogP contribution >= 0.6 is 0 Å². The number of carbonyl (C=O) groups is 6. The molecular weight excluding hydrogens is 598 g/mol. The Labute approximate surface area is 261 Å². The molecule has 0 aromatic carbocycles. The smallest absolute Gasteiger partial charge is 0.270 e. The standard InChI is InChI=1S/C26H49N9O10/c1-28-17(8-4-12-33(43)16-37)23(39)32-21(15-36)26(42)35(45)13-5-9-18(29-2)22(38)30-19(7-3-11-27)24(40)31-20-10-6-14-34(44)25(20)41/h16-21,28-29,36,43-45H,3-15,27H2,1-2H3,(H,30,38)(H,31,40)(H,32,39)/t17-,18?,19?,20?,21-/m0/s1. The minimum atomic E-state index is -1.46. The van der Waals surface area contributed by atoms with Crippen LogP contribution in [0.2, 0.25) is 0 Å². The van der Waals surface area contributed by atoms with Crippen LogP contribution in [0.3, 0.4) is 0 Å². The summed E-state index contributed by atoms with van der Waals surface area (Å²) in [6, 6.07) is -5.01. The summed E-state index contributed by atoms with van der Waals surface area (Å²) in [5.74, 6) is -3.40. The number of aliphatic hydroxyl groups is 1. The summed E-state index contributed by atoms with van der Waals surface area (Å²) in [6.07, 6.45) is 2.38. The summed E-state index contributed by atoms with van der Waals surface area (Å²) in [5.41, 5.74) is 5.58. The molecule has 0 aromatic heterocycles. The van der Waals surface area contributed by atoms with Gasteiger partial charge in [0.2, 0.25) is 24.1 Å². The molecule has 19 heteroatoms. The molecule has 258 valence electrons. The molecule has 11 N–H and O–H groups in total. The molecule has 0 aromatic rings. The molecule has 19 nitrogen and oxygen atoms in total. The van der Waals surface area contributed by atoms with Gasteiger partial charge in [-0.3, -0.25) is 44.4 Å². The van der Waals surface area contributed by atoms with Gasteiger partial charge < -0.3 is 37.4 Å². The summed E-state index contributed by atoms with van der Waals surface area (Å²) in [7, 11) is 3.02. The lowest BCUT2D eigenvalue weighted by molar-refractivity contribution is -0.173. The number of amides is 6. The molecule has 0 radical (unpaired) electrons. The second kappa shape index (κ2) is 21.3. The second-order valence-corrected chi connectivity index (χ2v) is 10.6. The van der Waals surface area contributed by atoms with E-state index >= 15 is 0 Å². The lowest BCUT2D eigenvalue weighted by Gasteiger charge is -2.29. The van der Waals surface area contributed by atoms with Crippen LogP contribution in [-0.4, -0.2) is 149 Å². The number of aliphatic hydroxyl groups excluding tert-OH is 1. The maximum absolute atomic E-state index is 13.0. The van der Waals surface area contributed by atoms with Crippen LogP contribution < -0.4 is 32.3 Å². The van der Waals surface area contributed by atoms with Gasteiger partial charge >= 0.3 is 0 Å². The lowest BCUT2D eigenvalue weighted by Crippen LogP contribution is -2.57. The number of rotatable bonds is 22. The molecule has 6 amide bonds. The van der Waals surface area contributed by atoms with Crippen molar-refractivity contribution in [3.8, 4) is 0 Å². The van der Waals surface area contributed by atoms with E-state index in [-0.39, 0.29) is 64.7 Å². The summed E-state index contributed by atoms with van der Waals surface area (Å²) >= 11 is 0. The Kier molecular flexibility index (Phi) is 18.7. The van der Waals surface area contributed by atoms with Crippen molar-refractivity contribution < 1.29 is 49.5 Å². The van der Waals surface area contributed by atoms with Gasteiger partial charge in [0, 0.05) is 19.6 Å². The van der Waals surface area contributed by atoms with Gasteiger partial charge in [-0.1, -0.05) is 0 Å². The van der Waals surface area contributed by atoms with E-state index < -0.39 is 66.4 Å². The normalized spacial score (nSPS) is 17.4. The number of piperidine rings is 1. The molecular formula is C26H49N9O10. The van der Waals surface area contributed by atoms with Gasteiger partial charge in [-0.15, -0.1) is 0 Å². The fourth-order valence-corrected chi connectivity index (χ4v) is 4.64. The minimum Gasteiger partial charge on any atom is -0.394 e. The number of hydrogen-bond acceptors (Lipinski definition) is 13. The molecule has 5 atom stereocenters. The maximum Gasteiger partial charge on any atom is 0.270 e. The first-order valence-corrected chi connectivity index (χ1v) is 14.9. The molecule has 1 aliphatic rings. The van der Waals surface area contributed by atoms with Gasteiger partial charge in [0.05, 0.1) is 18.7 Å². The largest absolute Gasteiger partial charge is 0.394 e. The van der Waals surface area contributed by atoms with Crippen LogP contribution in [0.15, 0.2) is 0 Å². The van der Waals surface area contributed by atoms with E-state index in [2.05, 4.69) is 26.6 Å². The number of likely N-dealkylation sites (N-methyl/N-ethyl adjacent to an activating group) is 2. The Morgan fingerprint density at radius 3 is 2.02 bits per heavy atom. The molecule has 0 spiro atoms. The second-order valence-electron chi connectivity index (χ2n) is 10.6. The van der Waals surface area contributed by atoms with Gasteiger partial charge in [-0.2, -0.15) is 0 Å². The molecule has 3 unspecified atom stereocenters. The predicted molar refractivity (Wildman–Crippen MR) is 156 cm³/mol.